The molecule has 0 bridgehead atoms. The maximum atomic E-state index is 13.1. The molecule has 0 spiro atoms. The van der Waals surface area contributed by atoms with E-state index in [1.54, 1.807) is 40.9 Å². The van der Waals surface area contributed by atoms with E-state index in [-0.39, 0.29) is 18.6 Å². The van der Waals surface area contributed by atoms with E-state index in [0.29, 0.717) is 11.3 Å². The summed E-state index contributed by atoms with van der Waals surface area (Å²) < 4.78 is 10.9. The molecular formula is C24H21NO4S. The van der Waals surface area contributed by atoms with Crippen LogP contribution in [0.2, 0.25) is 0 Å². The molecule has 0 saturated carbocycles. The predicted octanol–water partition coefficient (Wildman–Crippen LogP) is 5.46. The monoisotopic (exact) mass is 419 g/mol. The van der Waals surface area contributed by atoms with Crippen molar-refractivity contribution in [3.8, 4) is 5.75 Å². The topological polar surface area (TPSA) is 55.8 Å². The van der Waals surface area contributed by atoms with Gasteiger partial charge in [0.2, 0.25) is 0 Å². The van der Waals surface area contributed by atoms with E-state index in [4.69, 9.17) is 9.47 Å². The van der Waals surface area contributed by atoms with Crippen molar-refractivity contribution in [2.24, 2.45) is 0 Å². The highest BCUT2D eigenvalue weighted by molar-refractivity contribution is 7.99. The fourth-order valence-electron chi connectivity index (χ4n) is 3.19. The number of carbonyl (C=O) groups excluding carboxylic acids is 2. The fraction of sp³-hybridized carbons (Fsp3) is 0.167. The van der Waals surface area contributed by atoms with Gasteiger partial charge in [0.05, 0.1) is 23.0 Å². The van der Waals surface area contributed by atoms with E-state index in [0.717, 1.165) is 21.2 Å². The first-order chi connectivity index (χ1) is 14.5. The number of benzene rings is 3. The van der Waals surface area contributed by atoms with Gasteiger partial charge in [-0.15, -0.1) is 0 Å². The van der Waals surface area contributed by atoms with Crippen LogP contribution in [0, 0.1) is 0 Å². The molecule has 5 nitrogen and oxygen atoms in total. The van der Waals surface area contributed by atoms with Crippen molar-refractivity contribution < 1.29 is 19.1 Å². The van der Waals surface area contributed by atoms with Gasteiger partial charge in [-0.3, -0.25) is 9.69 Å². The van der Waals surface area contributed by atoms with Gasteiger partial charge in [-0.25, -0.2) is 4.79 Å². The number of esters is 1. The molecule has 0 unspecified atom stereocenters. The van der Waals surface area contributed by atoms with Crippen molar-refractivity contribution in [3.05, 3.63) is 78.4 Å². The minimum atomic E-state index is -0.549. The molecule has 6 heteroatoms. The largest absolute Gasteiger partial charge is 0.491 e. The summed E-state index contributed by atoms with van der Waals surface area (Å²) in [7, 11) is 0. The van der Waals surface area contributed by atoms with Gasteiger partial charge in [0.15, 0.2) is 6.61 Å². The normalized spacial score (nSPS) is 12.2. The molecule has 0 radical (unpaired) electrons. The predicted molar refractivity (Wildman–Crippen MR) is 117 cm³/mol. The second-order valence-corrected chi connectivity index (χ2v) is 8.12. The Morgan fingerprint density at radius 1 is 0.867 bits per heavy atom. The van der Waals surface area contributed by atoms with E-state index in [9.17, 15) is 9.59 Å². The van der Waals surface area contributed by atoms with Crippen molar-refractivity contribution in [3.63, 3.8) is 0 Å². The van der Waals surface area contributed by atoms with Crippen LogP contribution in [0.15, 0.2) is 82.6 Å². The van der Waals surface area contributed by atoms with Crippen LogP contribution in [-0.4, -0.2) is 24.6 Å². The second-order valence-electron chi connectivity index (χ2n) is 7.03. The van der Waals surface area contributed by atoms with E-state index in [2.05, 4.69) is 0 Å². The molecule has 4 rings (SSSR count). The zero-order chi connectivity index (χ0) is 21.1. The summed E-state index contributed by atoms with van der Waals surface area (Å²) in [5, 5.41) is 0. The number of rotatable bonds is 5. The Balaban J connectivity index is 1.49. The average Bonchev–Trinajstić information content (AvgIpc) is 2.75. The maximum absolute atomic E-state index is 13.1. The Kier molecular flexibility index (Phi) is 5.77. The second kappa shape index (κ2) is 8.63. The SMILES string of the molecule is CC(C)Oc1ccc(C(=O)OCC(=O)N2c3ccccc3Sc3ccccc32)cc1. The molecule has 0 atom stereocenters. The van der Waals surface area contributed by atoms with Crippen molar-refractivity contribution in [1.82, 2.24) is 0 Å². The Bertz CT molecular complexity index is 1030. The molecule has 0 N–H and O–H groups in total. The quantitative estimate of drug-likeness (QED) is 0.514. The lowest BCUT2D eigenvalue weighted by molar-refractivity contribution is -0.121. The minimum Gasteiger partial charge on any atom is -0.491 e. The lowest BCUT2D eigenvalue weighted by Crippen LogP contribution is -2.32. The van der Waals surface area contributed by atoms with Crippen LogP contribution >= 0.6 is 11.8 Å². The van der Waals surface area contributed by atoms with Crippen LogP contribution in [0.4, 0.5) is 11.4 Å². The van der Waals surface area contributed by atoms with Gasteiger partial charge in [0.25, 0.3) is 5.91 Å². The molecule has 1 heterocycles. The average molecular weight is 420 g/mol. The molecule has 0 aromatic heterocycles. The van der Waals surface area contributed by atoms with Gasteiger partial charge in [0, 0.05) is 9.79 Å². The van der Waals surface area contributed by atoms with Gasteiger partial charge in [-0.2, -0.15) is 0 Å². The minimum absolute atomic E-state index is 0.0499. The first-order valence-electron chi connectivity index (χ1n) is 9.65. The van der Waals surface area contributed by atoms with Gasteiger partial charge in [-0.1, -0.05) is 36.0 Å². The maximum Gasteiger partial charge on any atom is 0.338 e. The van der Waals surface area contributed by atoms with Crippen molar-refractivity contribution in [1.29, 1.82) is 0 Å². The Morgan fingerprint density at radius 2 is 1.43 bits per heavy atom. The number of nitrogens with zero attached hydrogens (tertiary/aromatic N) is 1. The number of carbonyl (C=O) groups is 2. The first kappa shape index (κ1) is 20.0. The third-order valence-corrected chi connectivity index (χ3v) is 5.60. The van der Waals surface area contributed by atoms with Crippen LogP contribution < -0.4 is 9.64 Å². The molecule has 1 aliphatic heterocycles. The lowest BCUT2D eigenvalue weighted by atomic mass is 10.2. The highest BCUT2D eigenvalue weighted by Gasteiger charge is 2.28. The summed E-state index contributed by atoms with van der Waals surface area (Å²) in [6.07, 6.45) is 0.0499. The summed E-state index contributed by atoms with van der Waals surface area (Å²) in [5.41, 5.74) is 1.95. The van der Waals surface area contributed by atoms with Gasteiger partial charge in [-0.05, 0) is 62.4 Å². The zero-order valence-corrected chi connectivity index (χ0v) is 17.5. The molecular weight excluding hydrogens is 398 g/mol. The summed E-state index contributed by atoms with van der Waals surface area (Å²) in [6.45, 7) is 3.52. The van der Waals surface area contributed by atoms with E-state index >= 15 is 0 Å². The molecule has 0 saturated heterocycles. The Hall–Kier alpha value is -3.25. The van der Waals surface area contributed by atoms with E-state index < -0.39 is 5.97 Å². The van der Waals surface area contributed by atoms with E-state index in [1.807, 2.05) is 62.4 Å². The molecule has 3 aromatic rings. The molecule has 30 heavy (non-hydrogen) atoms. The molecule has 152 valence electrons. The fourth-order valence-corrected chi connectivity index (χ4v) is 4.25. The van der Waals surface area contributed by atoms with E-state index in [1.165, 1.54) is 0 Å². The van der Waals surface area contributed by atoms with Gasteiger partial charge in [0.1, 0.15) is 5.75 Å². The molecule has 0 fully saturated rings. The smallest absolute Gasteiger partial charge is 0.338 e. The van der Waals surface area contributed by atoms with Gasteiger partial charge >= 0.3 is 5.97 Å². The standard InChI is InChI=1S/C24H21NO4S/c1-16(2)29-18-13-11-17(12-14-18)24(27)28-15-23(26)25-19-7-3-5-9-21(19)30-22-10-6-4-8-20(22)25/h3-14,16H,15H2,1-2H3. The number of fused-ring (bicyclic) bond motifs is 2. The third-order valence-electron chi connectivity index (χ3n) is 4.47. The summed E-state index contributed by atoms with van der Waals surface area (Å²) in [5.74, 6) is -0.174. The van der Waals surface area contributed by atoms with Gasteiger partial charge < -0.3 is 9.47 Å². The molecule has 3 aromatic carbocycles. The number of para-hydroxylation sites is 2. The molecule has 1 amide bonds. The number of hydrogen-bond donors (Lipinski definition) is 0. The van der Waals surface area contributed by atoms with Crippen LogP contribution in [0.5, 0.6) is 5.75 Å². The molecule has 0 aliphatic carbocycles. The molecule has 1 aliphatic rings. The van der Waals surface area contributed by atoms with Crippen LogP contribution in [0.3, 0.4) is 0 Å². The number of amides is 1. The van der Waals surface area contributed by atoms with Crippen molar-refractivity contribution in [2.45, 2.75) is 29.7 Å². The number of anilines is 2. The Morgan fingerprint density at radius 3 is 2.00 bits per heavy atom. The number of hydrogen-bond acceptors (Lipinski definition) is 5. The number of ether oxygens (including phenoxy) is 2. The summed E-state index contributed by atoms with van der Waals surface area (Å²) in [4.78, 5) is 29.1. The highest BCUT2D eigenvalue weighted by atomic mass is 32.2. The van der Waals surface area contributed by atoms with Crippen molar-refractivity contribution >= 4 is 35.0 Å². The van der Waals surface area contributed by atoms with Crippen LogP contribution in [0.1, 0.15) is 24.2 Å². The van der Waals surface area contributed by atoms with Crippen LogP contribution in [-0.2, 0) is 9.53 Å². The van der Waals surface area contributed by atoms with Crippen LogP contribution in [0.25, 0.3) is 0 Å². The summed E-state index contributed by atoms with van der Waals surface area (Å²) in [6, 6.07) is 22.1. The highest BCUT2D eigenvalue weighted by Crippen LogP contribution is 2.47. The zero-order valence-electron chi connectivity index (χ0n) is 16.7. The Labute approximate surface area is 179 Å². The third kappa shape index (κ3) is 4.19. The first-order valence-corrected chi connectivity index (χ1v) is 10.5. The van der Waals surface area contributed by atoms with Crippen molar-refractivity contribution in [2.75, 3.05) is 11.5 Å². The summed E-state index contributed by atoms with van der Waals surface area (Å²) >= 11 is 1.62. The lowest BCUT2D eigenvalue weighted by Gasteiger charge is -2.30.